The third-order valence-electron chi connectivity index (χ3n) is 2.90. The van der Waals surface area contributed by atoms with E-state index >= 15 is 0 Å². The fourth-order valence-electron chi connectivity index (χ4n) is 1.78. The van der Waals surface area contributed by atoms with Crippen LogP contribution in [0.4, 0.5) is 11.4 Å². The van der Waals surface area contributed by atoms with Gasteiger partial charge in [0.25, 0.3) is 0 Å². The summed E-state index contributed by atoms with van der Waals surface area (Å²) in [7, 11) is 0. The first-order chi connectivity index (χ1) is 9.97. The number of nitrogen functional groups attached to an aromatic ring is 1. The van der Waals surface area contributed by atoms with Crippen LogP contribution in [0, 0.1) is 0 Å². The largest absolute Gasteiger partial charge is 0.399 e. The van der Waals surface area contributed by atoms with Crippen LogP contribution in [-0.2, 0) is 9.53 Å². The average Bonchev–Trinajstić information content (AvgIpc) is 2.42. The van der Waals surface area contributed by atoms with E-state index in [1.807, 2.05) is 18.7 Å². The quantitative estimate of drug-likeness (QED) is 0.567. The van der Waals surface area contributed by atoms with Crippen LogP contribution in [0.2, 0.25) is 10.0 Å². The van der Waals surface area contributed by atoms with E-state index < -0.39 is 0 Å². The maximum atomic E-state index is 12.1. The van der Waals surface area contributed by atoms with Crippen LogP contribution in [0.3, 0.4) is 0 Å². The van der Waals surface area contributed by atoms with Crippen LogP contribution in [0.15, 0.2) is 12.1 Å². The molecule has 0 fully saturated rings. The molecule has 3 N–H and O–H groups in total. The summed E-state index contributed by atoms with van der Waals surface area (Å²) in [5.41, 5.74) is 6.47. The van der Waals surface area contributed by atoms with Crippen LogP contribution >= 0.6 is 23.2 Å². The van der Waals surface area contributed by atoms with Crippen LogP contribution in [-0.4, -0.2) is 43.7 Å². The first kappa shape index (κ1) is 18.0. The molecule has 1 rings (SSSR count). The SMILES string of the molecule is CCOCCN(CC)CC(=O)Nc1c(Cl)cc(N)cc1Cl. The molecule has 0 unspecified atom stereocenters. The van der Waals surface area contributed by atoms with Crippen molar-refractivity contribution in [2.45, 2.75) is 13.8 Å². The number of benzene rings is 1. The minimum atomic E-state index is -0.179. The fraction of sp³-hybridized carbons (Fsp3) is 0.500. The summed E-state index contributed by atoms with van der Waals surface area (Å²) in [5.74, 6) is -0.179. The normalized spacial score (nSPS) is 10.9. The van der Waals surface area contributed by atoms with Crippen LogP contribution < -0.4 is 11.1 Å². The van der Waals surface area contributed by atoms with E-state index in [0.717, 1.165) is 6.54 Å². The van der Waals surface area contributed by atoms with Crippen molar-refractivity contribution in [3.63, 3.8) is 0 Å². The number of nitrogens with one attached hydrogen (secondary N) is 1. The molecule has 1 aromatic carbocycles. The highest BCUT2D eigenvalue weighted by atomic mass is 35.5. The van der Waals surface area contributed by atoms with Crippen molar-refractivity contribution in [2.24, 2.45) is 0 Å². The molecular formula is C14H21Cl2N3O2. The molecule has 7 heteroatoms. The maximum absolute atomic E-state index is 12.1. The number of nitrogens with zero attached hydrogens (tertiary/aromatic N) is 1. The lowest BCUT2D eigenvalue weighted by Gasteiger charge is -2.20. The minimum Gasteiger partial charge on any atom is -0.399 e. The number of ether oxygens (including phenoxy) is 1. The molecule has 0 bridgehead atoms. The average molecular weight is 334 g/mol. The zero-order valence-electron chi connectivity index (χ0n) is 12.3. The van der Waals surface area contributed by atoms with E-state index in [0.29, 0.717) is 41.2 Å². The molecule has 0 aliphatic heterocycles. The predicted molar refractivity (Wildman–Crippen MR) is 88.1 cm³/mol. The monoisotopic (exact) mass is 333 g/mol. The van der Waals surface area contributed by atoms with Crippen molar-refractivity contribution < 1.29 is 9.53 Å². The highest BCUT2D eigenvalue weighted by Gasteiger charge is 2.13. The number of hydrogen-bond donors (Lipinski definition) is 2. The summed E-state index contributed by atoms with van der Waals surface area (Å²) in [5, 5.41) is 3.37. The van der Waals surface area contributed by atoms with Gasteiger partial charge >= 0.3 is 0 Å². The van der Waals surface area contributed by atoms with Crippen LogP contribution in [0.1, 0.15) is 13.8 Å². The Morgan fingerprint density at radius 1 is 1.33 bits per heavy atom. The van der Waals surface area contributed by atoms with Gasteiger partial charge < -0.3 is 15.8 Å². The molecule has 5 nitrogen and oxygen atoms in total. The second kappa shape index (κ2) is 9.10. The standard InChI is InChI=1S/C14H21Cl2N3O2/c1-3-19(5-6-21-4-2)9-13(20)18-14-11(15)7-10(17)8-12(14)16/h7-8H,3-6,9,17H2,1-2H3,(H,18,20). The van der Waals surface area contributed by atoms with Crippen molar-refractivity contribution in [3.8, 4) is 0 Å². The molecule has 0 heterocycles. The van der Waals surface area contributed by atoms with Gasteiger partial charge in [-0.2, -0.15) is 0 Å². The Morgan fingerprint density at radius 3 is 2.48 bits per heavy atom. The summed E-state index contributed by atoms with van der Waals surface area (Å²) < 4.78 is 5.29. The van der Waals surface area contributed by atoms with Gasteiger partial charge in [-0.05, 0) is 25.6 Å². The number of halogens is 2. The molecule has 0 radical (unpaired) electrons. The van der Waals surface area contributed by atoms with Gasteiger partial charge in [0.1, 0.15) is 0 Å². The number of anilines is 2. The van der Waals surface area contributed by atoms with E-state index in [2.05, 4.69) is 5.32 Å². The summed E-state index contributed by atoms with van der Waals surface area (Å²) in [6.07, 6.45) is 0. The molecule has 0 spiro atoms. The zero-order valence-corrected chi connectivity index (χ0v) is 13.8. The molecule has 118 valence electrons. The van der Waals surface area contributed by atoms with Crippen molar-refractivity contribution in [1.82, 2.24) is 4.90 Å². The fourth-order valence-corrected chi connectivity index (χ4v) is 2.38. The third-order valence-corrected chi connectivity index (χ3v) is 3.50. The Morgan fingerprint density at radius 2 is 1.95 bits per heavy atom. The molecule has 0 atom stereocenters. The van der Waals surface area contributed by atoms with Gasteiger partial charge in [0, 0.05) is 18.8 Å². The van der Waals surface area contributed by atoms with Crippen molar-refractivity contribution in [3.05, 3.63) is 22.2 Å². The van der Waals surface area contributed by atoms with E-state index in [-0.39, 0.29) is 12.5 Å². The number of carbonyl (C=O) groups is 1. The number of hydrogen-bond acceptors (Lipinski definition) is 4. The van der Waals surface area contributed by atoms with E-state index in [4.69, 9.17) is 33.7 Å². The summed E-state index contributed by atoms with van der Waals surface area (Å²) in [6, 6.07) is 3.10. The number of amides is 1. The lowest BCUT2D eigenvalue weighted by atomic mass is 10.2. The van der Waals surface area contributed by atoms with E-state index in [9.17, 15) is 4.79 Å². The zero-order chi connectivity index (χ0) is 15.8. The summed E-state index contributed by atoms with van der Waals surface area (Å²) in [4.78, 5) is 14.0. The molecule has 0 saturated carbocycles. The molecule has 0 aromatic heterocycles. The first-order valence-corrected chi connectivity index (χ1v) is 7.58. The van der Waals surface area contributed by atoms with Gasteiger partial charge in [0.2, 0.25) is 5.91 Å². The van der Waals surface area contributed by atoms with Crippen molar-refractivity contribution in [1.29, 1.82) is 0 Å². The Kier molecular flexibility index (Phi) is 7.82. The summed E-state index contributed by atoms with van der Waals surface area (Å²) in [6.45, 7) is 6.89. The number of nitrogens with two attached hydrogens (primary N) is 1. The third kappa shape index (κ3) is 6.09. The Hall–Kier alpha value is -1.01. The van der Waals surface area contributed by atoms with Gasteiger partial charge in [-0.1, -0.05) is 30.1 Å². The highest BCUT2D eigenvalue weighted by molar-refractivity contribution is 6.40. The Bertz CT molecular complexity index is 460. The lowest BCUT2D eigenvalue weighted by Crippen LogP contribution is -2.35. The second-order valence-electron chi connectivity index (χ2n) is 4.47. The number of likely N-dealkylation sites (N-methyl/N-ethyl adjacent to an activating group) is 1. The summed E-state index contributed by atoms with van der Waals surface area (Å²) >= 11 is 12.1. The van der Waals surface area contributed by atoms with Gasteiger partial charge in [-0.25, -0.2) is 0 Å². The van der Waals surface area contributed by atoms with Gasteiger partial charge in [0.15, 0.2) is 0 Å². The van der Waals surface area contributed by atoms with Crippen molar-refractivity contribution in [2.75, 3.05) is 43.9 Å². The van der Waals surface area contributed by atoms with Crippen LogP contribution in [0.25, 0.3) is 0 Å². The number of rotatable bonds is 8. The second-order valence-corrected chi connectivity index (χ2v) is 5.29. The van der Waals surface area contributed by atoms with E-state index in [1.165, 1.54) is 0 Å². The highest BCUT2D eigenvalue weighted by Crippen LogP contribution is 2.32. The molecule has 1 aromatic rings. The Balaban J connectivity index is 2.60. The first-order valence-electron chi connectivity index (χ1n) is 6.82. The number of carbonyl (C=O) groups excluding carboxylic acids is 1. The molecule has 1 amide bonds. The molecule has 0 saturated heterocycles. The molecular weight excluding hydrogens is 313 g/mol. The van der Waals surface area contributed by atoms with Gasteiger partial charge in [-0.15, -0.1) is 0 Å². The van der Waals surface area contributed by atoms with Gasteiger partial charge in [-0.3, -0.25) is 9.69 Å². The Labute approximate surface area is 135 Å². The molecule has 0 aliphatic rings. The topological polar surface area (TPSA) is 67.6 Å². The van der Waals surface area contributed by atoms with E-state index in [1.54, 1.807) is 12.1 Å². The molecule has 21 heavy (non-hydrogen) atoms. The lowest BCUT2D eigenvalue weighted by molar-refractivity contribution is -0.117. The van der Waals surface area contributed by atoms with Crippen molar-refractivity contribution >= 4 is 40.5 Å². The van der Waals surface area contributed by atoms with Gasteiger partial charge in [0.05, 0.1) is 28.9 Å². The maximum Gasteiger partial charge on any atom is 0.238 e. The smallest absolute Gasteiger partial charge is 0.238 e. The minimum absolute atomic E-state index is 0.179. The van der Waals surface area contributed by atoms with Crippen LogP contribution in [0.5, 0.6) is 0 Å². The molecule has 0 aliphatic carbocycles. The predicted octanol–water partition coefficient (Wildman–Crippen LogP) is 2.87.